The molecule has 33 heavy (non-hydrogen) atoms. The molecule has 0 radical (unpaired) electrons. The number of benzene rings is 3. The molecule has 3 aromatic rings. The van der Waals surface area contributed by atoms with Gasteiger partial charge in [-0.2, -0.15) is 0 Å². The quantitative estimate of drug-likeness (QED) is 0.521. The highest BCUT2D eigenvalue weighted by molar-refractivity contribution is 6.30. The number of nitrogens with zero attached hydrogens (tertiary/aromatic N) is 2. The van der Waals surface area contributed by atoms with Crippen molar-refractivity contribution in [2.45, 2.75) is 38.3 Å². The summed E-state index contributed by atoms with van der Waals surface area (Å²) in [4.78, 5) is 30.6. The molecule has 168 valence electrons. The van der Waals surface area contributed by atoms with Crippen molar-refractivity contribution in [2.75, 3.05) is 9.80 Å². The van der Waals surface area contributed by atoms with E-state index in [2.05, 4.69) is 0 Å². The van der Waals surface area contributed by atoms with E-state index in [1.165, 1.54) is 12.1 Å². The minimum absolute atomic E-state index is 0.0554. The topological polar surface area (TPSA) is 60.9 Å². The van der Waals surface area contributed by atoms with Gasteiger partial charge in [-0.05, 0) is 86.3 Å². The van der Waals surface area contributed by atoms with Crippen molar-refractivity contribution in [1.82, 2.24) is 0 Å². The van der Waals surface area contributed by atoms with E-state index in [-0.39, 0.29) is 35.6 Å². The minimum atomic E-state index is -0.186. The zero-order valence-corrected chi connectivity index (χ0v) is 19.1. The number of amides is 2. The van der Waals surface area contributed by atoms with Gasteiger partial charge in [0.15, 0.2) is 0 Å². The van der Waals surface area contributed by atoms with Gasteiger partial charge in [0.25, 0.3) is 5.91 Å². The fourth-order valence-electron chi connectivity index (χ4n) is 4.67. The van der Waals surface area contributed by atoms with Gasteiger partial charge in [0.05, 0.1) is 6.04 Å². The maximum atomic E-state index is 13.5. The molecule has 2 atom stereocenters. The van der Waals surface area contributed by atoms with Gasteiger partial charge in [-0.25, -0.2) is 0 Å². The number of halogens is 1. The molecule has 0 unspecified atom stereocenters. The van der Waals surface area contributed by atoms with Crippen LogP contribution in [0.4, 0.5) is 11.4 Å². The number of aromatic hydroxyl groups is 1. The number of anilines is 2. The molecular formula is C27H25ClN2O3. The molecule has 1 fully saturated rings. The monoisotopic (exact) mass is 460 g/mol. The molecule has 1 N–H and O–H groups in total. The van der Waals surface area contributed by atoms with Gasteiger partial charge in [-0.15, -0.1) is 0 Å². The van der Waals surface area contributed by atoms with Crippen LogP contribution in [-0.2, 0) is 4.79 Å². The lowest BCUT2D eigenvalue weighted by molar-refractivity contribution is -0.120. The van der Waals surface area contributed by atoms with Gasteiger partial charge in [0.2, 0.25) is 5.91 Å². The second-order valence-corrected chi connectivity index (χ2v) is 9.28. The second-order valence-electron chi connectivity index (χ2n) is 8.84. The predicted molar refractivity (Wildman–Crippen MR) is 130 cm³/mol. The van der Waals surface area contributed by atoms with E-state index in [4.69, 9.17) is 11.6 Å². The Balaban J connectivity index is 1.57. The molecule has 3 aromatic carbocycles. The number of fused-ring (bicyclic) bond motifs is 1. The van der Waals surface area contributed by atoms with E-state index < -0.39 is 0 Å². The average molecular weight is 461 g/mol. The van der Waals surface area contributed by atoms with Crippen LogP contribution < -0.4 is 9.80 Å². The van der Waals surface area contributed by atoms with Crippen LogP contribution in [-0.4, -0.2) is 23.0 Å². The molecule has 1 aliphatic heterocycles. The number of phenolic OH excluding ortho intramolecular Hbond substituents is 1. The third kappa shape index (κ3) is 4.09. The summed E-state index contributed by atoms with van der Waals surface area (Å²) in [7, 11) is 0. The lowest BCUT2D eigenvalue weighted by atomic mass is 9.89. The summed E-state index contributed by atoms with van der Waals surface area (Å²) < 4.78 is 0. The molecule has 0 aromatic heterocycles. The first-order chi connectivity index (χ1) is 15.9. The molecule has 2 amide bonds. The van der Waals surface area contributed by atoms with Crippen LogP contribution in [0.25, 0.3) is 0 Å². The predicted octanol–water partition coefficient (Wildman–Crippen LogP) is 5.97. The number of carbonyl (C=O) groups excluding carboxylic acids is 2. The third-order valence-corrected chi connectivity index (χ3v) is 6.73. The van der Waals surface area contributed by atoms with Crippen LogP contribution >= 0.6 is 11.6 Å². The third-order valence-electron chi connectivity index (χ3n) is 6.47. The zero-order valence-electron chi connectivity index (χ0n) is 18.3. The first kappa shape index (κ1) is 21.5. The van der Waals surface area contributed by atoms with Crippen molar-refractivity contribution < 1.29 is 14.7 Å². The van der Waals surface area contributed by atoms with E-state index in [0.717, 1.165) is 29.8 Å². The van der Waals surface area contributed by atoms with Gasteiger partial charge in [-0.1, -0.05) is 29.8 Å². The van der Waals surface area contributed by atoms with E-state index in [9.17, 15) is 14.7 Å². The molecule has 1 heterocycles. The van der Waals surface area contributed by atoms with Crippen molar-refractivity contribution in [3.63, 3.8) is 0 Å². The Morgan fingerprint density at radius 2 is 1.64 bits per heavy atom. The SMILES string of the molecule is C[C@H]1C[C@@H](N(C(=O)C2CC2)c2ccc(Cl)cc2)c2ccccc2N1C(=O)c1ccc(O)cc1. The van der Waals surface area contributed by atoms with Crippen LogP contribution in [0.1, 0.15) is 48.1 Å². The van der Waals surface area contributed by atoms with Crippen molar-refractivity contribution >= 4 is 34.8 Å². The van der Waals surface area contributed by atoms with Gasteiger partial charge in [0, 0.05) is 33.9 Å². The molecule has 5 nitrogen and oxygen atoms in total. The molecule has 1 saturated carbocycles. The highest BCUT2D eigenvalue weighted by Gasteiger charge is 2.42. The van der Waals surface area contributed by atoms with Gasteiger partial charge in [0.1, 0.15) is 5.75 Å². The summed E-state index contributed by atoms with van der Waals surface area (Å²) in [6.07, 6.45) is 2.44. The summed E-state index contributed by atoms with van der Waals surface area (Å²) in [5.41, 5.74) is 3.09. The molecule has 0 saturated heterocycles. The van der Waals surface area contributed by atoms with Gasteiger partial charge in [-0.3, -0.25) is 9.59 Å². The summed E-state index contributed by atoms with van der Waals surface area (Å²) >= 11 is 6.12. The Morgan fingerprint density at radius 1 is 0.970 bits per heavy atom. The molecule has 1 aliphatic carbocycles. The van der Waals surface area contributed by atoms with Crippen LogP contribution in [0, 0.1) is 5.92 Å². The Kier molecular flexibility index (Phi) is 5.59. The lowest BCUT2D eigenvalue weighted by Crippen LogP contribution is -2.48. The van der Waals surface area contributed by atoms with Gasteiger partial charge < -0.3 is 14.9 Å². The number of rotatable bonds is 4. The first-order valence-electron chi connectivity index (χ1n) is 11.2. The highest BCUT2D eigenvalue weighted by atomic mass is 35.5. The molecule has 0 bridgehead atoms. The molecular weight excluding hydrogens is 436 g/mol. The Labute approximate surface area is 198 Å². The summed E-state index contributed by atoms with van der Waals surface area (Å²) in [5, 5.41) is 10.2. The Morgan fingerprint density at radius 3 is 2.30 bits per heavy atom. The van der Waals surface area contributed by atoms with Crippen LogP contribution in [0.15, 0.2) is 72.8 Å². The average Bonchev–Trinajstić information content (AvgIpc) is 3.66. The Hall–Kier alpha value is -3.31. The van der Waals surface area contributed by atoms with Crippen LogP contribution in [0.5, 0.6) is 5.75 Å². The van der Waals surface area contributed by atoms with Gasteiger partial charge >= 0.3 is 0 Å². The van der Waals surface area contributed by atoms with E-state index in [0.29, 0.717) is 17.0 Å². The largest absolute Gasteiger partial charge is 0.508 e. The summed E-state index contributed by atoms with van der Waals surface area (Å²) in [6.45, 7) is 2.02. The smallest absolute Gasteiger partial charge is 0.258 e. The van der Waals surface area contributed by atoms with E-state index in [1.54, 1.807) is 17.0 Å². The zero-order chi connectivity index (χ0) is 23.1. The van der Waals surface area contributed by atoms with Crippen LogP contribution in [0.2, 0.25) is 5.02 Å². The fourth-order valence-corrected chi connectivity index (χ4v) is 4.79. The lowest BCUT2D eigenvalue weighted by Gasteiger charge is -2.43. The summed E-state index contributed by atoms with van der Waals surface area (Å²) in [6, 6.07) is 21.2. The number of carbonyl (C=O) groups is 2. The first-order valence-corrected chi connectivity index (χ1v) is 11.6. The Bertz CT molecular complexity index is 1190. The molecule has 5 rings (SSSR count). The molecule has 0 spiro atoms. The standard InChI is InChI=1S/C27H25ClN2O3/c1-17-16-25(30(27(33)18-6-7-18)21-12-10-20(28)11-13-21)23-4-2-3-5-24(23)29(17)26(32)19-8-14-22(31)15-9-19/h2-5,8-15,17-18,25,31H,6-7,16H2,1H3/t17-,25+/m0/s1. The normalized spacial score (nSPS) is 19.6. The van der Waals surface area contributed by atoms with Crippen molar-refractivity contribution in [2.24, 2.45) is 5.92 Å². The molecule has 6 heteroatoms. The summed E-state index contributed by atoms with van der Waals surface area (Å²) in [5.74, 6) is 0.179. The highest BCUT2D eigenvalue weighted by Crippen LogP contribution is 2.45. The van der Waals surface area contributed by atoms with Crippen molar-refractivity contribution in [3.8, 4) is 5.75 Å². The number of para-hydroxylation sites is 1. The molecule has 2 aliphatic rings. The van der Waals surface area contributed by atoms with E-state index >= 15 is 0 Å². The van der Waals surface area contributed by atoms with Crippen molar-refractivity contribution in [3.05, 3.63) is 88.9 Å². The van der Waals surface area contributed by atoms with Crippen LogP contribution in [0.3, 0.4) is 0 Å². The maximum Gasteiger partial charge on any atom is 0.258 e. The van der Waals surface area contributed by atoms with E-state index in [1.807, 2.05) is 60.4 Å². The minimum Gasteiger partial charge on any atom is -0.508 e. The number of phenols is 1. The fraction of sp³-hybridized carbons (Fsp3) is 0.259. The number of hydrogen-bond donors (Lipinski definition) is 1. The number of hydrogen-bond acceptors (Lipinski definition) is 3. The van der Waals surface area contributed by atoms with Crippen molar-refractivity contribution in [1.29, 1.82) is 0 Å². The maximum absolute atomic E-state index is 13.5. The second kappa shape index (κ2) is 8.56.